The van der Waals surface area contributed by atoms with Gasteiger partial charge >= 0.3 is 0 Å². The summed E-state index contributed by atoms with van der Waals surface area (Å²) < 4.78 is 0. The maximum absolute atomic E-state index is 12.4. The first kappa shape index (κ1) is 14.9. The number of hydrogen-bond acceptors (Lipinski definition) is 2. The number of hydrogen-bond donors (Lipinski definition) is 1. The number of H-pyrrole nitrogens is 1. The summed E-state index contributed by atoms with van der Waals surface area (Å²) in [6, 6.07) is 5.39. The van der Waals surface area contributed by atoms with Gasteiger partial charge in [-0.3, -0.25) is 9.89 Å². The second kappa shape index (κ2) is 5.85. The van der Waals surface area contributed by atoms with Crippen molar-refractivity contribution in [3.8, 4) is 0 Å². The maximum Gasteiger partial charge on any atom is 0.257 e. The Labute approximate surface area is 127 Å². The molecule has 4 nitrogen and oxygen atoms in total. The molecule has 6 heteroatoms. The van der Waals surface area contributed by atoms with Gasteiger partial charge in [-0.15, -0.1) is 0 Å². The number of aromatic nitrogens is 2. The van der Waals surface area contributed by atoms with Crippen LogP contribution in [0, 0.1) is 13.8 Å². The minimum absolute atomic E-state index is 0.0928. The Morgan fingerprint density at radius 3 is 2.65 bits per heavy atom. The van der Waals surface area contributed by atoms with Crippen molar-refractivity contribution in [2.75, 3.05) is 7.05 Å². The number of amides is 1. The fourth-order valence-electron chi connectivity index (χ4n) is 2.05. The monoisotopic (exact) mass is 311 g/mol. The van der Waals surface area contributed by atoms with Crippen LogP contribution < -0.4 is 0 Å². The highest BCUT2D eigenvalue weighted by Crippen LogP contribution is 2.26. The molecule has 106 valence electrons. The van der Waals surface area contributed by atoms with Crippen molar-refractivity contribution in [3.63, 3.8) is 0 Å². The number of aromatic amines is 1. The van der Waals surface area contributed by atoms with Gasteiger partial charge in [0.1, 0.15) is 0 Å². The zero-order valence-electron chi connectivity index (χ0n) is 11.5. The predicted octanol–water partition coefficient (Wildman–Crippen LogP) is 3.61. The van der Waals surface area contributed by atoms with Crippen molar-refractivity contribution in [1.29, 1.82) is 0 Å². The molecule has 0 spiro atoms. The first-order chi connectivity index (χ1) is 9.41. The fourth-order valence-corrected chi connectivity index (χ4v) is 2.43. The third-order valence-electron chi connectivity index (χ3n) is 3.13. The van der Waals surface area contributed by atoms with Gasteiger partial charge in [-0.1, -0.05) is 35.3 Å². The minimum Gasteiger partial charge on any atom is -0.337 e. The summed E-state index contributed by atoms with van der Waals surface area (Å²) in [6.45, 7) is 4.02. The van der Waals surface area contributed by atoms with Crippen LogP contribution >= 0.6 is 23.2 Å². The molecule has 0 saturated carbocycles. The van der Waals surface area contributed by atoms with Crippen LogP contribution in [0.25, 0.3) is 0 Å². The van der Waals surface area contributed by atoms with Gasteiger partial charge in [0.25, 0.3) is 5.91 Å². The Morgan fingerprint density at radius 1 is 1.35 bits per heavy atom. The van der Waals surface area contributed by atoms with Gasteiger partial charge in [0.05, 0.1) is 21.3 Å². The van der Waals surface area contributed by atoms with Gasteiger partial charge in [0.15, 0.2) is 0 Å². The molecule has 20 heavy (non-hydrogen) atoms. The minimum atomic E-state index is -0.0928. The lowest BCUT2D eigenvalue weighted by molar-refractivity contribution is 0.0784. The van der Waals surface area contributed by atoms with Crippen LogP contribution in [0.3, 0.4) is 0 Å². The van der Waals surface area contributed by atoms with E-state index in [0.717, 1.165) is 11.3 Å². The van der Waals surface area contributed by atoms with E-state index in [1.165, 1.54) is 0 Å². The molecule has 0 radical (unpaired) electrons. The molecule has 0 saturated heterocycles. The number of carbonyl (C=O) groups is 1. The second-order valence-corrected chi connectivity index (χ2v) is 5.47. The molecule has 0 aliphatic rings. The van der Waals surface area contributed by atoms with Crippen LogP contribution in [0.15, 0.2) is 18.2 Å². The van der Waals surface area contributed by atoms with Gasteiger partial charge in [-0.2, -0.15) is 5.10 Å². The number of carbonyl (C=O) groups excluding carboxylic acids is 1. The number of aryl methyl sites for hydroxylation is 2. The normalized spacial score (nSPS) is 10.7. The smallest absolute Gasteiger partial charge is 0.257 e. The average Bonchev–Trinajstić information content (AvgIpc) is 2.73. The van der Waals surface area contributed by atoms with E-state index in [0.29, 0.717) is 27.8 Å². The predicted molar refractivity (Wildman–Crippen MR) is 80.3 cm³/mol. The number of nitrogens with one attached hydrogen (secondary N) is 1. The summed E-state index contributed by atoms with van der Waals surface area (Å²) >= 11 is 12.1. The standard InChI is InChI=1S/C14H15Cl2N3O/c1-8-12(9(2)18-17-8)14(20)19(3)7-10-5-4-6-11(15)13(10)16/h4-6H,7H2,1-3H3,(H,17,18). The summed E-state index contributed by atoms with van der Waals surface area (Å²) in [6.07, 6.45) is 0. The van der Waals surface area contributed by atoms with E-state index < -0.39 is 0 Å². The Kier molecular flexibility index (Phi) is 4.35. The van der Waals surface area contributed by atoms with E-state index in [1.54, 1.807) is 24.9 Å². The summed E-state index contributed by atoms with van der Waals surface area (Å²) in [7, 11) is 1.73. The number of benzene rings is 1. The molecule has 0 unspecified atom stereocenters. The van der Waals surface area contributed by atoms with Crippen LogP contribution in [0.1, 0.15) is 27.3 Å². The van der Waals surface area contributed by atoms with Crippen molar-refractivity contribution >= 4 is 29.1 Å². The van der Waals surface area contributed by atoms with Crippen molar-refractivity contribution in [2.24, 2.45) is 0 Å². The fraction of sp³-hybridized carbons (Fsp3) is 0.286. The molecule has 0 aliphatic carbocycles. The molecule has 0 fully saturated rings. The highest BCUT2D eigenvalue weighted by atomic mass is 35.5. The number of halogens is 2. The van der Waals surface area contributed by atoms with Crippen LogP contribution in [0.2, 0.25) is 10.0 Å². The molecule has 1 heterocycles. The lowest BCUT2D eigenvalue weighted by atomic mass is 10.1. The zero-order valence-corrected chi connectivity index (χ0v) is 13.0. The molecule has 1 N–H and O–H groups in total. The Balaban J connectivity index is 2.22. The molecule has 1 aromatic heterocycles. The van der Waals surface area contributed by atoms with E-state index in [4.69, 9.17) is 23.2 Å². The van der Waals surface area contributed by atoms with Crippen molar-refractivity contribution in [3.05, 3.63) is 50.8 Å². The first-order valence-corrected chi connectivity index (χ1v) is 6.87. The number of rotatable bonds is 3. The maximum atomic E-state index is 12.4. The zero-order chi connectivity index (χ0) is 14.9. The largest absolute Gasteiger partial charge is 0.337 e. The van der Waals surface area contributed by atoms with Crippen LogP contribution in [0.5, 0.6) is 0 Å². The van der Waals surface area contributed by atoms with E-state index in [-0.39, 0.29) is 5.91 Å². The van der Waals surface area contributed by atoms with E-state index >= 15 is 0 Å². The molecular weight excluding hydrogens is 297 g/mol. The number of nitrogens with zero attached hydrogens (tertiary/aromatic N) is 2. The van der Waals surface area contributed by atoms with Gasteiger partial charge in [0, 0.05) is 19.3 Å². The molecule has 1 aromatic carbocycles. The summed E-state index contributed by atoms with van der Waals surface area (Å²) in [5.41, 5.74) is 2.87. The summed E-state index contributed by atoms with van der Waals surface area (Å²) in [5.74, 6) is -0.0928. The molecule has 0 bridgehead atoms. The first-order valence-electron chi connectivity index (χ1n) is 6.11. The third kappa shape index (κ3) is 2.81. The molecular formula is C14H15Cl2N3O. The lowest BCUT2D eigenvalue weighted by Gasteiger charge is -2.18. The van der Waals surface area contributed by atoms with Crippen molar-refractivity contribution < 1.29 is 4.79 Å². The van der Waals surface area contributed by atoms with Crippen LogP contribution in [-0.2, 0) is 6.54 Å². The van der Waals surface area contributed by atoms with Crippen LogP contribution in [-0.4, -0.2) is 28.1 Å². The van der Waals surface area contributed by atoms with E-state index in [2.05, 4.69) is 10.2 Å². The van der Waals surface area contributed by atoms with Gasteiger partial charge < -0.3 is 4.90 Å². The van der Waals surface area contributed by atoms with Crippen molar-refractivity contribution in [1.82, 2.24) is 15.1 Å². The lowest BCUT2D eigenvalue weighted by Crippen LogP contribution is -2.27. The highest BCUT2D eigenvalue weighted by Gasteiger charge is 2.20. The summed E-state index contributed by atoms with van der Waals surface area (Å²) in [5, 5.41) is 7.82. The molecule has 0 atom stereocenters. The van der Waals surface area contributed by atoms with Gasteiger partial charge in [-0.25, -0.2) is 0 Å². The quantitative estimate of drug-likeness (QED) is 0.941. The average molecular weight is 312 g/mol. The Morgan fingerprint density at radius 2 is 2.05 bits per heavy atom. The van der Waals surface area contributed by atoms with Crippen molar-refractivity contribution in [2.45, 2.75) is 20.4 Å². The topological polar surface area (TPSA) is 49.0 Å². The second-order valence-electron chi connectivity index (χ2n) is 4.68. The summed E-state index contributed by atoms with van der Waals surface area (Å²) in [4.78, 5) is 14.0. The molecule has 0 aliphatic heterocycles. The van der Waals surface area contributed by atoms with Gasteiger partial charge in [-0.05, 0) is 25.5 Å². The molecule has 1 amide bonds. The Bertz CT molecular complexity index is 632. The van der Waals surface area contributed by atoms with Crippen LogP contribution in [0.4, 0.5) is 0 Å². The van der Waals surface area contributed by atoms with Gasteiger partial charge in [0.2, 0.25) is 0 Å². The third-order valence-corrected chi connectivity index (χ3v) is 3.99. The van der Waals surface area contributed by atoms with E-state index in [9.17, 15) is 4.79 Å². The highest BCUT2D eigenvalue weighted by molar-refractivity contribution is 6.42. The van der Waals surface area contributed by atoms with E-state index in [1.807, 2.05) is 19.1 Å². The SMILES string of the molecule is Cc1n[nH]c(C)c1C(=O)N(C)Cc1cccc(Cl)c1Cl. The molecule has 2 rings (SSSR count). The Hall–Kier alpha value is -1.52. The molecule has 2 aromatic rings.